The van der Waals surface area contributed by atoms with Crippen LogP contribution in [0.15, 0.2) is 30.3 Å². The van der Waals surface area contributed by atoms with Gasteiger partial charge in [0.15, 0.2) is 0 Å². The summed E-state index contributed by atoms with van der Waals surface area (Å²) in [5.74, 6) is 0. The average molecular weight is 231 g/mol. The minimum atomic E-state index is 0. The number of benzene rings is 1. The van der Waals surface area contributed by atoms with Gasteiger partial charge in [-0.05, 0) is 13.8 Å². The van der Waals surface area contributed by atoms with Crippen LogP contribution in [0, 0.1) is 6.92 Å². The summed E-state index contributed by atoms with van der Waals surface area (Å²) >= 11 is 0. The molecule has 0 fully saturated rings. The maximum absolute atomic E-state index is 7.57. The zero-order valence-electron chi connectivity index (χ0n) is 8.90. The third kappa shape index (κ3) is 22.6. The van der Waals surface area contributed by atoms with Gasteiger partial charge in [0.2, 0.25) is 0 Å². The van der Waals surface area contributed by atoms with Gasteiger partial charge in [-0.1, -0.05) is 6.07 Å². The smallest absolute Gasteiger partial charge is 0.0402 e. The van der Waals surface area contributed by atoms with Crippen LogP contribution in [0.4, 0.5) is 0 Å². The summed E-state index contributed by atoms with van der Waals surface area (Å²) in [5, 5.41) is 15.1. The number of aliphatic hydroxyl groups excluding tert-OH is 2. The van der Waals surface area contributed by atoms with Crippen molar-refractivity contribution >= 4 is 0 Å². The van der Waals surface area contributed by atoms with Crippen LogP contribution in [0.5, 0.6) is 0 Å². The topological polar surface area (TPSA) is 40.5 Å². The van der Waals surface area contributed by atoms with E-state index >= 15 is 0 Å². The number of rotatable bonds is 0. The van der Waals surface area contributed by atoms with Crippen molar-refractivity contribution in [2.75, 3.05) is 13.2 Å². The first-order valence-electron chi connectivity index (χ1n) is 4.31. The van der Waals surface area contributed by atoms with Crippen LogP contribution in [0.3, 0.4) is 0 Å². The Morgan fingerprint density at radius 2 is 1.29 bits per heavy atom. The van der Waals surface area contributed by atoms with Gasteiger partial charge >= 0.3 is 0 Å². The molecule has 0 radical (unpaired) electrons. The zero-order valence-corrected chi connectivity index (χ0v) is 10.5. The SMILES string of the molecule is CCO.CCO.[CH2-]c1ccccc1.[Ti]. The van der Waals surface area contributed by atoms with E-state index in [-0.39, 0.29) is 34.9 Å². The molecular weight excluding hydrogens is 212 g/mol. The van der Waals surface area contributed by atoms with Crippen molar-refractivity contribution in [2.45, 2.75) is 13.8 Å². The molecule has 0 saturated heterocycles. The molecule has 0 saturated carbocycles. The third-order valence-corrected chi connectivity index (χ3v) is 0.843. The van der Waals surface area contributed by atoms with Crippen LogP contribution < -0.4 is 0 Å². The molecule has 1 rings (SSSR count). The van der Waals surface area contributed by atoms with Crippen molar-refractivity contribution < 1.29 is 31.9 Å². The first kappa shape index (κ1) is 19.3. The molecule has 0 aliphatic rings. The van der Waals surface area contributed by atoms with Gasteiger partial charge in [-0.3, -0.25) is 0 Å². The van der Waals surface area contributed by atoms with E-state index in [2.05, 4.69) is 6.92 Å². The van der Waals surface area contributed by atoms with Gasteiger partial charge in [0.1, 0.15) is 0 Å². The first-order chi connectivity index (χ1) is 6.22. The maximum Gasteiger partial charge on any atom is 0.0402 e. The Labute approximate surface area is 102 Å². The molecule has 0 heterocycles. The fraction of sp³-hybridized carbons (Fsp3) is 0.364. The number of hydrogen-bond acceptors (Lipinski definition) is 2. The second kappa shape index (κ2) is 18.5. The van der Waals surface area contributed by atoms with E-state index in [1.165, 1.54) is 0 Å². The van der Waals surface area contributed by atoms with Crippen LogP contribution in [-0.4, -0.2) is 23.4 Å². The fourth-order valence-electron chi connectivity index (χ4n) is 0.478. The van der Waals surface area contributed by atoms with Gasteiger partial charge in [0, 0.05) is 34.9 Å². The van der Waals surface area contributed by atoms with E-state index in [4.69, 9.17) is 10.2 Å². The first-order valence-corrected chi connectivity index (χ1v) is 4.31. The Hall–Kier alpha value is -0.276. The molecule has 14 heavy (non-hydrogen) atoms. The number of aliphatic hydroxyl groups is 2. The molecular formula is C11H19O2Ti-. The minimum Gasteiger partial charge on any atom is -0.397 e. The molecule has 0 atom stereocenters. The normalized spacial score (nSPS) is 6.86. The maximum atomic E-state index is 7.57. The Morgan fingerprint density at radius 1 is 1.00 bits per heavy atom. The van der Waals surface area contributed by atoms with Crippen LogP contribution in [0.25, 0.3) is 0 Å². The molecule has 2 nitrogen and oxygen atoms in total. The minimum absolute atomic E-state index is 0. The Balaban J connectivity index is -0.000000150. The van der Waals surface area contributed by atoms with Gasteiger partial charge in [-0.2, -0.15) is 24.6 Å². The van der Waals surface area contributed by atoms with Crippen LogP contribution in [0.1, 0.15) is 19.4 Å². The molecule has 2 N–H and O–H groups in total. The van der Waals surface area contributed by atoms with Gasteiger partial charge < -0.3 is 10.2 Å². The Kier molecular flexibility index (Phi) is 25.5. The van der Waals surface area contributed by atoms with Crippen LogP contribution in [-0.2, 0) is 21.7 Å². The standard InChI is InChI=1S/C7H7.2C2H6O.Ti/c1-7-5-3-2-4-6-7;2*1-2-3;/h2-6H,1H2;2*3H,2H2,1H3;/q-1;;;. The van der Waals surface area contributed by atoms with Gasteiger partial charge in [-0.15, -0.1) is 12.1 Å². The van der Waals surface area contributed by atoms with Crippen molar-refractivity contribution in [3.8, 4) is 0 Å². The summed E-state index contributed by atoms with van der Waals surface area (Å²) in [5.41, 5.74) is 1.07. The van der Waals surface area contributed by atoms with Gasteiger partial charge in [-0.25, -0.2) is 0 Å². The molecule has 0 spiro atoms. The van der Waals surface area contributed by atoms with E-state index < -0.39 is 0 Å². The van der Waals surface area contributed by atoms with Crippen molar-refractivity contribution in [3.05, 3.63) is 42.8 Å². The summed E-state index contributed by atoms with van der Waals surface area (Å²) in [6.07, 6.45) is 0. The predicted octanol–water partition coefficient (Wildman–Crippen LogP) is 1.86. The Bertz CT molecular complexity index is 164. The summed E-state index contributed by atoms with van der Waals surface area (Å²) in [4.78, 5) is 0. The van der Waals surface area contributed by atoms with Gasteiger partial charge in [0.05, 0.1) is 0 Å². The molecule has 0 aliphatic carbocycles. The van der Waals surface area contributed by atoms with Crippen molar-refractivity contribution in [1.82, 2.24) is 0 Å². The third-order valence-electron chi connectivity index (χ3n) is 0.843. The summed E-state index contributed by atoms with van der Waals surface area (Å²) in [6.45, 7) is 7.58. The average Bonchev–Trinajstić information content (AvgIpc) is 2.08. The van der Waals surface area contributed by atoms with Crippen molar-refractivity contribution in [2.24, 2.45) is 0 Å². The Morgan fingerprint density at radius 3 is 1.43 bits per heavy atom. The molecule has 0 unspecified atom stereocenters. The molecule has 0 aliphatic heterocycles. The quantitative estimate of drug-likeness (QED) is 0.528. The monoisotopic (exact) mass is 231 g/mol. The predicted molar refractivity (Wildman–Crippen MR) is 56.4 cm³/mol. The van der Waals surface area contributed by atoms with Crippen molar-refractivity contribution in [3.63, 3.8) is 0 Å². The second-order valence-corrected chi connectivity index (χ2v) is 2.12. The van der Waals surface area contributed by atoms with E-state index in [1.807, 2.05) is 30.3 Å². The van der Waals surface area contributed by atoms with E-state index in [9.17, 15) is 0 Å². The summed E-state index contributed by atoms with van der Waals surface area (Å²) in [7, 11) is 0. The fourth-order valence-corrected chi connectivity index (χ4v) is 0.478. The van der Waals surface area contributed by atoms with Crippen LogP contribution >= 0.6 is 0 Å². The molecule has 0 aromatic heterocycles. The van der Waals surface area contributed by atoms with E-state index in [0.29, 0.717) is 0 Å². The molecule has 80 valence electrons. The molecule has 0 amide bonds. The second-order valence-electron chi connectivity index (χ2n) is 2.12. The summed E-state index contributed by atoms with van der Waals surface area (Å²) < 4.78 is 0. The van der Waals surface area contributed by atoms with E-state index in [0.717, 1.165) is 5.56 Å². The largest absolute Gasteiger partial charge is 0.397 e. The molecule has 1 aromatic rings. The zero-order chi connectivity index (χ0) is 10.5. The van der Waals surface area contributed by atoms with Gasteiger partial charge in [0.25, 0.3) is 0 Å². The number of hydrogen-bond donors (Lipinski definition) is 2. The van der Waals surface area contributed by atoms with Crippen LogP contribution in [0.2, 0.25) is 0 Å². The summed E-state index contributed by atoms with van der Waals surface area (Å²) in [6, 6.07) is 9.87. The molecule has 1 aromatic carbocycles. The van der Waals surface area contributed by atoms with E-state index in [1.54, 1.807) is 13.8 Å². The molecule has 3 heteroatoms. The molecule has 0 bridgehead atoms. The van der Waals surface area contributed by atoms with Crippen molar-refractivity contribution in [1.29, 1.82) is 0 Å².